The number of fused-ring (bicyclic) bond motifs is 2. The van der Waals surface area contributed by atoms with Gasteiger partial charge in [0.2, 0.25) is 17.7 Å². The first-order chi connectivity index (χ1) is 20.6. The Bertz CT molecular complexity index is 1790. The molecule has 1 N–H and O–H groups in total. The number of thiazole rings is 1. The van der Waals surface area contributed by atoms with E-state index < -0.39 is 57.1 Å². The summed E-state index contributed by atoms with van der Waals surface area (Å²) in [4.78, 5) is 58.6. The summed E-state index contributed by atoms with van der Waals surface area (Å²) in [5, 5.41) is 1.88. The standard InChI is InChI=1S/C29H21F3N4O5S2/c1-41-17-10-8-16(9-11-17)34-20(37)14-35-27-24(43-28(35)40)21(15-5-4-12-33-13-15)22-23(42-27)26(39)36(25(22)38)19-7-3-2-6-18(19)29(30,31)32/h2-13,21-23H,14H2,1H3,(H,34,37)/t21-,22?,23?/m1/s1. The van der Waals surface area contributed by atoms with Crippen LogP contribution in [0.3, 0.4) is 0 Å². The van der Waals surface area contributed by atoms with Crippen molar-refractivity contribution in [3.8, 4) is 5.75 Å². The van der Waals surface area contributed by atoms with Crippen molar-refractivity contribution in [2.24, 2.45) is 5.92 Å². The van der Waals surface area contributed by atoms with Gasteiger partial charge in [-0.3, -0.25) is 28.7 Å². The van der Waals surface area contributed by atoms with E-state index in [1.165, 1.54) is 36.2 Å². The molecule has 0 radical (unpaired) electrons. The number of para-hydroxylation sites is 1. The molecule has 3 atom stereocenters. The van der Waals surface area contributed by atoms with Crippen LogP contribution in [0, 0.1) is 5.92 Å². The molecule has 0 bridgehead atoms. The first kappa shape index (κ1) is 28.7. The van der Waals surface area contributed by atoms with E-state index in [-0.39, 0.29) is 6.54 Å². The lowest BCUT2D eigenvalue weighted by Crippen LogP contribution is -2.33. The van der Waals surface area contributed by atoms with Crippen molar-refractivity contribution in [2.75, 3.05) is 17.3 Å². The minimum absolute atomic E-state index is 0.307. The van der Waals surface area contributed by atoms with Crippen molar-refractivity contribution in [1.29, 1.82) is 0 Å². The molecule has 1 fully saturated rings. The maximum Gasteiger partial charge on any atom is 0.418 e. The van der Waals surface area contributed by atoms with Crippen molar-refractivity contribution in [3.05, 3.63) is 98.7 Å². The van der Waals surface area contributed by atoms with E-state index in [1.54, 1.807) is 36.4 Å². The molecule has 0 spiro atoms. The molecule has 4 aromatic rings. The zero-order chi connectivity index (χ0) is 30.5. The third-order valence-electron chi connectivity index (χ3n) is 7.22. The Balaban J connectivity index is 1.40. The Morgan fingerprint density at radius 2 is 1.77 bits per heavy atom. The van der Waals surface area contributed by atoms with Gasteiger partial charge >= 0.3 is 11.0 Å². The number of anilines is 2. The molecule has 3 amide bonds. The Morgan fingerprint density at radius 1 is 1.02 bits per heavy atom. The number of hydrogen-bond donors (Lipinski definition) is 1. The number of halogens is 3. The van der Waals surface area contributed by atoms with Crippen molar-refractivity contribution in [1.82, 2.24) is 9.55 Å². The van der Waals surface area contributed by atoms with E-state index in [0.29, 0.717) is 31.8 Å². The number of nitrogens with zero attached hydrogens (tertiary/aromatic N) is 3. The van der Waals surface area contributed by atoms with Gasteiger partial charge in [-0.1, -0.05) is 41.3 Å². The van der Waals surface area contributed by atoms with E-state index >= 15 is 0 Å². The molecule has 2 aliphatic rings. The average Bonchev–Trinajstić information content (AvgIpc) is 3.43. The number of amides is 3. The molecule has 220 valence electrons. The van der Waals surface area contributed by atoms with Gasteiger partial charge in [0, 0.05) is 28.9 Å². The van der Waals surface area contributed by atoms with Crippen molar-refractivity contribution >= 4 is 52.2 Å². The number of thioether (sulfide) groups is 1. The van der Waals surface area contributed by atoms with Crippen LogP contribution in [0.2, 0.25) is 0 Å². The highest BCUT2D eigenvalue weighted by Gasteiger charge is 2.57. The number of methoxy groups -OCH3 is 1. The third-order valence-corrected chi connectivity index (χ3v) is 9.82. The summed E-state index contributed by atoms with van der Waals surface area (Å²) in [6, 6.07) is 14.3. The molecule has 43 heavy (non-hydrogen) atoms. The van der Waals surface area contributed by atoms with Gasteiger partial charge in [-0.25, -0.2) is 4.90 Å². The van der Waals surface area contributed by atoms with Gasteiger partial charge in [-0.2, -0.15) is 13.2 Å². The predicted molar refractivity (Wildman–Crippen MR) is 153 cm³/mol. The SMILES string of the molecule is COc1ccc(NC(=O)Cn2c3c(sc2=O)[C@H](c2cccnc2)C2C(=O)N(c4ccccc4C(F)(F)F)C(=O)C2S3)cc1. The van der Waals surface area contributed by atoms with Crippen molar-refractivity contribution in [2.45, 2.75) is 28.9 Å². The fraction of sp³-hybridized carbons (Fsp3) is 0.207. The first-order valence-electron chi connectivity index (χ1n) is 12.9. The molecule has 0 saturated carbocycles. The van der Waals surface area contributed by atoms with Gasteiger partial charge in [0.05, 0.1) is 29.3 Å². The molecule has 2 unspecified atom stereocenters. The summed E-state index contributed by atoms with van der Waals surface area (Å²) >= 11 is 1.74. The molecule has 9 nitrogen and oxygen atoms in total. The number of imide groups is 1. The van der Waals surface area contributed by atoms with Crippen LogP contribution in [0.4, 0.5) is 24.5 Å². The van der Waals surface area contributed by atoms with Gasteiger partial charge in [0.1, 0.15) is 17.5 Å². The quantitative estimate of drug-likeness (QED) is 0.307. The number of rotatable bonds is 6. The second-order valence-corrected chi connectivity index (χ2v) is 11.9. The summed E-state index contributed by atoms with van der Waals surface area (Å²) in [6.45, 7) is -0.385. The molecule has 2 aromatic carbocycles. The highest BCUT2D eigenvalue weighted by atomic mass is 32.2. The smallest absolute Gasteiger partial charge is 0.418 e. The Hall–Kier alpha value is -4.43. The number of carbonyl (C=O) groups excluding carboxylic acids is 3. The van der Waals surface area contributed by atoms with E-state index in [2.05, 4.69) is 10.3 Å². The Morgan fingerprint density at radius 3 is 2.44 bits per heavy atom. The molecule has 2 aromatic heterocycles. The van der Waals surface area contributed by atoms with Crippen LogP contribution in [0.25, 0.3) is 0 Å². The number of pyridine rings is 1. The van der Waals surface area contributed by atoms with E-state index in [0.717, 1.165) is 35.2 Å². The lowest BCUT2D eigenvalue weighted by Gasteiger charge is -2.30. The molecular weight excluding hydrogens is 605 g/mol. The van der Waals surface area contributed by atoms with Crippen LogP contribution >= 0.6 is 23.1 Å². The number of carbonyl (C=O) groups is 3. The van der Waals surface area contributed by atoms with Crippen molar-refractivity contribution in [3.63, 3.8) is 0 Å². The normalized spacial score (nSPS) is 19.6. The minimum atomic E-state index is -4.81. The first-order valence-corrected chi connectivity index (χ1v) is 14.6. The molecule has 1 saturated heterocycles. The number of aromatic nitrogens is 2. The highest BCUT2D eigenvalue weighted by Crippen LogP contribution is 2.54. The van der Waals surface area contributed by atoms with Crippen molar-refractivity contribution < 1.29 is 32.3 Å². The van der Waals surface area contributed by atoms with Gasteiger partial charge in [0.15, 0.2) is 0 Å². The highest BCUT2D eigenvalue weighted by molar-refractivity contribution is 8.00. The van der Waals surface area contributed by atoms with E-state index in [9.17, 15) is 32.3 Å². The maximum atomic E-state index is 13.9. The van der Waals surface area contributed by atoms with Gasteiger partial charge < -0.3 is 10.1 Å². The second-order valence-electron chi connectivity index (χ2n) is 9.76. The van der Waals surface area contributed by atoms with Crippen LogP contribution in [-0.2, 0) is 27.1 Å². The lowest BCUT2D eigenvalue weighted by atomic mass is 9.84. The molecule has 6 rings (SSSR count). The second kappa shape index (κ2) is 11.0. The van der Waals surface area contributed by atoms with Gasteiger partial charge in [0.25, 0.3) is 0 Å². The predicted octanol–water partition coefficient (Wildman–Crippen LogP) is 4.77. The summed E-state index contributed by atoms with van der Waals surface area (Å²) in [7, 11) is 1.51. The lowest BCUT2D eigenvalue weighted by molar-refractivity contribution is -0.137. The number of hydrogen-bond acceptors (Lipinski definition) is 8. The Labute approximate surface area is 250 Å². The maximum absolute atomic E-state index is 13.9. The number of benzene rings is 2. The average molecular weight is 627 g/mol. The third kappa shape index (κ3) is 5.10. The topological polar surface area (TPSA) is 111 Å². The van der Waals surface area contributed by atoms with Crippen LogP contribution in [-0.4, -0.2) is 39.6 Å². The molecule has 2 aliphatic heterocycles. The van der Waals surface area contributed by atoms with Gasteiger partial charge in [-0.15, -0.1) is 0 Å². The van der Waals surface area contributed by atoms with Crippen LogP contribution < -0.4 is 19.8 Å². The minimum Gasteiger partial charge on any atom is -0.497 e. The number of alkyl halides is 3. The summed E-state index contributed by atoms with van der Waals surface area (Å²) in [5.74, 6) is -3.50. The fourth-order valence-electron chi connectivity index (χ4n) is 5.34. The largest absolute Gasteiger partial charge is 0.497 e. The monoisotopic (exact) mass is 626 g/mol. The van der Waals surface area contributed by atoms with E-state index in [4.69, 9.17) is 4.74 Å². The molecule has 0 aliphatic carbocycles. The number of nitrogens with one attached hydrogen (secondary N) is 1. The fourth-order valence-corrected chi connectivity index (χ4v) is 8.11. The van der Waals surface area contributed by atoms with Crippen LogP contribution in [0.1, 0.15) is 21.9 Å². The Kier molecular flexibility index (Phi) is 7.34. The summed E-state index contributed by atoms with van der Waals surface area (Å²) in [6.07, 6.45) is -1.79. The zero-order valence-electron chi connectivity index (χ0n) is 22.2. The van der Waals surface area contributed by atoms with E-state index in [1.807, 2.05) is 0 Å². The summed E-state index contributed by atoms with van der Waals surface area (Å²) < 4.78 is 48.1. The molecule has 4 heterocycles. The van der Waals surface area contributed by atoms with Crippen LogP contribution in [0.5, 0.6) is 5.75 Å². The number of ether oxygens (including phenoxy) is 1. The van der Waals surface area contributed by atoms with Crippen LogP contribution in [0.15, 0.2) is 82.9 Å². The molecular formula is C29H21F3N4O5S2. The summed E-state index contributed by atoms with van der Waals surface area (Å²) in [5.41, 5.74) is -0.675. The molecule has 14 heteroatoms. The van der Waals surface area contributed by atoms with Gasteiger partial charge in [-0.05, 0) is 48.0 Å². The zero-order valence-corrected chi connectivity index (χ0v) is 23.8.